The maximum absolute atomic E-state index is 12.3. The average Bonchev–Trinajstić information content (AvgIpc) is 2.61. The third kappa shape index (κ3) is 2.49. The number of imidazole rings is 1. The number of hydrogen-bond donors (Lipinski definition) is 0. The molecule has 2 aromatic rings. The number of aldehydes is 1. The Kier molecular flexibility index (Phi) is 3.48. The second-order valence-corrected chi connectivity index (χ2v) is 5.36. The number of carbonyl (C=O) groups is 2. The Balaban J connectivity index is 2.64. The molecule has 0 spiro atoms. The highest BCUT2D eigenvalue weighted by Gasteiger charge is 2.23. The van der Waals surface area contributed by atoms with E-state index in [1.165, 1.54) is 4.57 Å². The first kappa shape index (κ1) is 14.0. The van der Waals surface area contributed by atoms with E-state index in [1.54, 1.807) is 45.0 Å². The first-order valence-electron chi connectivity index (χ1n) is 6.22. The van der Waals surface area contributed by atoms with E-state index < -0.39 is 17.4 Å². The molecule has 20 heavy (non-hydrogen) atoms. The molecule has 0 aliphatic rings. The van der Waals surface area contributed by atoms with Crippen molar-refractivity contribution in [1.29, 1.82) is 0 Å². The fraction of sp³-hybridized carbons (Fsp3) is 0.357. The Bertz CT molecular complexity index is 719. The number of carbonyl (C=O) groups excluding carboxylic acids is 2. The Morgan fingerprint density at radius 3 is 2.40 bits per heavy atom. The first-order chi connectivity index (χ1) is 9.35. The van der Waals surface area contributed by atoms with Crippen LogP contribution < -0.4 is 5.69 Å². The summed E-state index contributed by atoms with van der Waals surface area (Å²) in [5, 5.41) is 0. The summed E-state index contributed by atoms with van der Waals surface area (Å²) in [5.41, 5.74) is -0.332. The Hall–Kier alpha value is -2.37. The van der Waals surface area contributed by atoms with E-state index in [-0.39, 0.29) is 6.54 Å². The Morgan fingerprint density at radius 2 is 1.85 bits per heavy atom. The number of nitrogens with zero attached hydrogens (tertiary/aromatic N) is 2. The summed E-state index contributed by atoms with van der Waals surface area (Å²) >= 11 is 0. The van der Waals surface area contributed by atoms with Gasteiger partial charge in [0, 0.05) is 0 Å². The molecule has 1 heterocycles. The van der Waals surface area contributed by atoms with Crippen LogP contribution in [-0.2, 0) is 16.1 Å². The van der Waals surface area contributed by atoms with Crippen molar-refractivity contribution in [3.05, 3.63) is 34.7 Å². The Labute approximate surface area is 115 Å². The number of benzene rings is 1. The summed E-state index contributed by atoms with van der Waals surface area (Å²) in [6.45, 7) is 5.07. The molecular formula is C14H16N2O4. The smallest absolute Gasteiger partial charge is 0.423 e. The largest absolute Gasteiger partial charge is 0.443 e. The van der Waals surface area contributed by atoms with Gasteiger partial charge in [-0.05, 0) is 32.9 Å². The SMILES string of the molecule is CC(C)(C)OC(=O)n1c(=O)n(CC=O)c2ccccc21. The highest BCUT2D eigenvalue weighted by atomic mass is 16.6. The van der Waals surface area contributed by atoms with Crippen molar-refractivity contribution in [3.63, 3.8) is 0 Å². The fourth-order valence-electron chi connectivity index (χ4n) is 1.94. The topological polar surface area (TPSA) is 70.3 Å². The minimum absolute atomic E-state index is 0.102. The maximum atomic E-state index is 12.3. The van der Waals surface area contributed by atoms with Crippen molar-refractivity contribution < 1.29 is 14.3 Å². The van der Waals surface area contributed by atoms with Crippen molar-refractivity contribution >= 4 is 23.4 Å². The first-order valence-corrected chi connectivity index (χ1v) is 6.22. The van der Waals surface area contributed by atoms with Crippen molar-refractivity contribution in [2.75, 3.05) is 0 Å². The second-order valence-electron chi connectivity index (χ2n) is 5.36. The normalized spacial score (nSPS) is 11.6. The van der Waals surface area contributed by atoms with Gasteiger partial charge in [-0.2, -0.15) is 4.57 Å². The van der Waals surface area contributed by atoms with Gasteiger partial charge >= 0.3 is 11.8 Å². The van der Waals surface area contributed by atoms with E-state index in [0.717, 1.165) is 4.57 Å². The zero-order valence-electron chi connectivity index (χ0n) is 11.6. The standard InChI is InChI=1S/C14H16N2O4/c1-14(2,3)20-13(19)16-11-7-5-4-6-10(11)15(8-9-17)12(16)18/h4-7,9H,8H2,1-3H3. The highest BCUT2D eigenvalue weighted by molar-refractivity contribution is 5.87. The summed E-state index contributed by atoms with van der Waals surface area (Å²) in [5.74, 6) is 0. The molecule has 0 unspecified atom stereocenters. The molecule has 0 bridgehead atoms. The average molecular weight is 276 g/mol. The van der Waals surface area contributed by atoms with Crippen LogP contribution in [0, 0.1) is 0 Å². The molecule has 0 N–H and O–H groups in total. The zero-order valence-corrected chi connectivity index (χ0v) is 11.6. The molecule has 0 aliphatic carbocycles. The van der Waals surface area contributed by atoms with Gasteiger partial charge in [0.05, 0.1) is 17.6 Å². The third-order valence-electron chi connectivity index (χ3n) is 2.67. The quantitative estimate of drug-likeness (QED) is 0.784. The predicted octanol–water partition coefficient (Wildman–Crippen LogP) is 1.79. The lowest BCUT2D eigenvalue weighted by Crippen LogP contribution is -2.34. The number of ether oxygens (including phenoxy) is 1. The van der Waals surface area contributed by atoms with Crippen LogP contribution in [0.3, 0.4) is 0 Å². The number of hydrogen-bond acceptors (Lipinski definition) is 4. The molecule has 1 aromatic carbocycles. The predicted molar refractivity (Wildman–Crippen MR) is 73.9 cm³/mol. The third-order valence-corrected chi connectivity index (χ3v) is 2.67. The molecule has 6 nitrogen and oxygen atoms in total. The van der Waals surface area contributed by atoms with Crippen molar-refractivity contribution in [1.82, 2.24) is 9.13 Å². The zero-order chi connectivity index (χ0) is 14.9. The number of fused-ring (bicyclic) bond motifs is 1. The summed E-state index contributed by atoms with van der Waals surface area (Å²) in [6.07, 6.45) is -0.129. The van der Waals surface area contributed by atoms with Crippen LogP contribution in [0.2, 0.25) is 0 Å². The molecular weight excluding hydrogens is 260 g/mol. The summed E-state index contributed by atoms with van der Waals surface area (Å²) in [6, 6.07) is 6.78. The summed E-state index contributed by atoms with van der Waals surface area (Å²) in [7, 11) is 0. The second kappa shape index (κ2) is 4.96. The molecule has 0 radical (unpaired) electrons. The van der Waals surface area contributed by atoms with E-state index in [9.17, 15) is 14.4 Å². The molecule has 1 aromatic heterocycles. The van der Waals surface area contributed by atoms with Gasteiger partial charge in [-0.25, -0.2) is 9.59 Å². The molecule has 2 rings (SSSR count). The molecule has 0 saturated carbocycles. The van der Waals surface area contributed by atoms with Gasteiger partial charge in [0.1, 0.15) is 11.9 Å². The fourth-order valence-corrected chi connectivity index (χ4v) is 1.94. The molecule has 106 valence electrons. The number of aromatic nitrogens is 2. The monoisotopic (exact) mass is 276 g/mol. The van der Waals surface area contributed by atoms with Crippen molar-refractivity contribution in [2.45, 2.75) is 32.9 Å². The van der Waals surface area contributed by atoms with Crippen LogP contribution in [0.4, 0.5) is 4.79 Å². The van der Waals surface area contributed by atoms with Crippen molar-refractivity contribution in [2.24, 2.45) is 0 Å². The van der Waals surface area contributed by atoms with Crippen LogP contribution in [-0.4, -0.2) is 27.1 Å². The number of para-hydroxylation sites is 2. The van der Waals surface area contributed by atoms with E-state index in [0.29, 0.717) is 17.3 Å². The van der Waals surface area contributed by atoms with Crippen LogP contribution in [0.15, 0.2) is 29.1 Å². The van der Waals surface area contributed by atoms with Crippen LogP contribution in [0.25, 0.3) is 11.0 Å². The molecule has 0 fully saturated rings. The molecule has 0 atom stereocenters. The lowest BCUT2D eigenvalue weighted by molar-refractivity contribution is -0.108. The van der Waals surface area contributed by atoms with Gasteiger partial charge in [-0.15, -0.1) is 0 Å². The van der Waals surface area contributed by atoms with Gasteiger partial charge in [-0.3, -0.25) is 4.57 Å². The summed E-state index contributed by atoms with van der Waals surface area (Å²) in [4.78, 5) is 35.1. The highest BCUT2D eigenvalue weighted by Crippen LogP contribution is 2.15. The van der Waals surface area contributed by atoms with Gasteiger partial charge in [0.2, 0.25) is 0 Å². The van der Waals surface area contributed by atoms with Crippen LogP contribution >= 0.6 is 0 Å². The van der Waals surface area contributed by atoms with Gasteiger partial charge in [0.15, 0.2) is 0 Å². The van der Waals surface area contributed by atoms with Gasteiger partial charge < -0.3 is 9.53 Å². The van der Waals surface area contributed by atoms with Gasteiger partial charge in [-0.1, -0.05) is 12.1 Å². The van der Waals surface area contributed by atoms with Crippen molar-refractivity contribution in [3.8, 4) is 0 Å². The molecule has 0 amide bonds. The maximum Gasteiger partial charge on any atom is 0.423 e. The lowest BCUT2D eigenvalue weighted by Gasteiger charge is -2.19. The van der Waals surface area contributed by atoms with E-state index in [2.05, 4.69) is 0 Å². The lowest BCUT2D eigenvalue weighted by atomic mass is 10.2. The minimum atomic E-state index is -0.747. The molecule has 0 saturated heterocycles. The molecule has 0 aliphatic heterocycles. The van der Waals surface area contributed by atoms with Crippen LogP contribution in [0.5, 0.6) is 0 Å². The van der Waals surface area contributed by atoms with E-state index in [4.69, 9.17) is 4.74 Å². The van der Waals surface area contributed by atoms with Crippen LogP contribution in [0.1, 0.15) is 20.8 Å². The Morgan fingerprint density at radius 1 is 1.25 bits per heavy atom. The van der Waals surface area contributed by atoms with Gasteiger partial charge in [0.25, 0.3) is 0 Å². The van der Waals surface area contributed by atoms with E-state index >= 15 is 0 Å². The molecule has 6 heteroatoms. The minimum Gasteiger partial charge on any atom is -0.443 e. The summed E-state index contributed by atoms with van der Waals surface area (Å²) < 4.78 is 7.42. The van der Waals surface area contributed by atoms with E-state index in [1.807, 2.05) is 0 Å². The number of rotatable bonds is 2.